The van der Waals surface area contributed by atoms with Gasteiger partial charge in [0.15, 0.2) is 0 Å². The predicted molar refractivity (Wildman–Crippen MR) is 68.3 cm³/mol. The molecule has 2 rings (SSSR count). The van der Waals surface area contributed by atoms with E-state index in [1.807, 2.05) is 39.0 Å². The molecule has 1 aromatic rings. The van der Waals surface area contributed by atoms with Crippen LogP contribution in [0.15, 0.2) is 24.3 Å². The van der Waals surface area contributed by atoms with Gasteiger partial charge >= 0.3 is 6.09 Å². The van der Waals surface area contributed by atoms with E-state index in [0.717, 1.165) is 5.69 Å². The normalized spacial score (nSPS) is 15.5. The highest BCUT2D eigenvalue weighted by Gasteiger charge is 2.23. The third kappa shape index (κ3) is 3.77. The Morgan fingerprint density at radius 3 is 2.65 bits per heavy atom. The first kappa shape index (κ1) is 12.0. The summed E-state index contributed by atoms with van der Waals surface area (Å²) in [5.74, 6) is 0.690. The molecule has 3 heteroatoms. The number of carbonyl (C=O) groups is 1. The van der Waals surface area contributed by atoms with Crippen molar-refractivity contribution in [3.8, 4) is 0 Å². The molecular weight excluding hydrogens is 214 g/mol. The summed E-state index contributed by atoms with van der Waals surface area (Å²) in [6.45, 7) is 5.56. The van der Waals surface area contributed by atoms with Crippen molar-refractivity contribution < 1.29 is 9.53 Å². The van der Waals surface area contributed by atoms with Crippen LogP contribution in [0.2, 0.25) is 0 Å². The van der Waals surface area contributed by atoms with E-state index in [9.17, 15) is 4.79 Å². The Morgan fingerprint density at radius 1 is 1.35 bits per heavy atom. The van der Waals surface area contributed by atoms with Crippen LogP contribution in [-0.4, -0.2) is 11.7 Å². The van der Waals surface area contributed by atoms with Crippen LogP contribution in [0.1, 0.15) is 45.1 Å². The van der Waals surface area contributed by atoms with Gasteiger partial charge in [-0.25, -0.2) is 4.79 Å². The van der Waals surface area contributed by atoms with Gasteiger partial charge in [0.1, 0.15) is 5.60 Å². The first-order chi connectivity index (χ1) is 7.94. The van der Waals surface area contributed by atoms with E-state index in [-0.39, 0.29) is 0 Å². The minimum absolute atomic E-state index is 0.398. The average molecular weight is 233 g/mol. The number of benzene rings is 1. The minimum Gasteiger partial charge on any atom is -0.444 e. The Labute approximate surface area is 102 Å². The maximum atomic E-state index is 11.6. The van der Waals surface area contributed by atoms with Crippen molar-refractivity contribution in [3.63, 3.8) is 0 Å². The number of hydrogen-bond donors (Lipinski definition) is 1. The van der Waals surface area contributed by atoms with Crippen molar-refractivity contribution in [2.45, 2.75) is 45.1 Å². The lowest BCUT2D eigenvalue weighted by Gasteiger charge is -2.19. The number of nitrogens with one attached hydrogen (secondary N) is 1. The second-order valence-corrected chi connectivity index (χ2v) is 5.53. The predicted octanol–water partition coefficient (Wildman–Crippen LogP) is 3.91. The summed E-state index contributed by atoms with van der Waals surface area (Å²) in [5.41, 5.74) is 1.65. The first-order valence-corrected chi connectivity index (χ1v) is 6.04. The molecule has 92 valence electrons. The Morgan fingerprint density at radius 2 is 2.06 bits per heavy atom. The highest BCUT2D eigenvalue weighted by Crippen LogP contribution is 2.40. The van der Waals surface area contributed by atoms with Gasteiger partial charge in [0, 0.05) is 5.69 Å². The SMILES string of the molecule is CC(C)(C)OC(=O)Nc1cccc(C2CC2)c1. The maximum Gasteiger partial charge on any atom is 0.412 e. The Balaban J connectivity index is 1.98. The monoisotopic (exact) mass is 233 g/mol. The quantitative estimate of drug-likeness (QED) is 0.841. The molecule has 1 saturated carbocycles. The molecule has 0 radical (unpaired) electrons. The van der Waals surface area contributed by atoms with Crippen molar-refractivity contribution in [2.75, 3.05) is 5.32 Å². The average Bonchev–Trinajstić information content (AvgIpc) is 2.97. The van der Waals surface area contributed by atoms with Crippen LogP contribution in [0.25, 0.3) is 0 Å². The van der Waals surface area contributed by atoms with E-state index < -0.39 is 11.7 Å². The molecule has 1 aliphatic rings. The van der Waals surface area contributed by atoms with Gasteiger partial charge in [-0.3, -0.25) is 5.32 Å². The summed E-state index contributed by atoms with van der Waals surface area (Å²) in [5, 5.41) is 2.76. The van der Waals surface area contributed by atoms with Crippen LogP contribution in [0.5, 0.6) is 0 Å². The van der Waals surface area contributed by atoms with Gasteiger partial charge < -0.3 is 4.74 Å². The molecular formula is C14H19NO2. The summed E-state index contributed by atoms with van der Waals surface area (Å²) in [7, 11) is 0. The van der Waals surface area contributed by atoms with E-state index in [1.165, 1.54) is 18.4 Å². The molecule has 0 unspecified atom stereocenters. The molecule has 3 nitrogen and oxygen atoms in total. The fourth-order valence-electron chi connectivity index (χ4n) is 1.71. The molecule has 0 atom stereocenters. The van der Waals surface area contributed by atoms with Crippen LogP contribution in [-0.2, 0) is 4.74 Å². The molecule has 0 bridgehead atoms. The number of anilines is 1. The molecule has 0 spiro atoms. The lowest BCUT2D eigenvalue weighted by atomic mass is 10.1. The van der Waals surface area contributed by atoms with Crippen molar-refractivity contribution in [1.82, 2.24) is 0 Å². The second kappa shape index (κ2) is 4.40. The molecule has 1 N–H and O–H groups in total. The topological polar surface area (TPSA) is 38.3 Å². The molecule has 0 aliphatic heterocycles. The van der Waals surface area contributed by atoms with Gasteiger partial charge in [0.05, 0.1) is 0 Å². The van der Waals surface area contributed by atoms with Gasteiger partial charge in [0.25, 0.3) is 0 Å². The Bertz CT molecular complexity index is 416. The molecule has 0 saturated heterocycles. The van der Waals surface area contributed by atoms with Crippen LogP contribution in [0.3, 0.4) is 0 Å². The van der Waals surface area contributed by atoms with E-state index in [0.29, 0.717) is 5.92 Å². The van der Waals surface area contributed by atoms with Crippen LogP contribution < -0.4 is 5.32 Å². The molecule has 0 aromatic heterocycles. The molecule has 1 fully saturated rings. The van der Waals surface area contributed by atoms with Gasteiger partial charge in [-0.05, 0) is 57.2 Å². The van der Waals surface area contributed by atoms with Gasteiger partial charge in [-0.2, -0.15) is 0 Å². The highest BCUT2D eigenvalue weighted by atomic mass is 16.6. The van der Waals surface area contributed by atoms with Crippen LogP contribution >= 0.6 is 0 Å². The summed E-state index contributed by atoms with van der Waals surface area (Å²) >= 11 is 0. The molecule has 17 heavy (non-hydrogen) atoms. The zero-order chi connectivity index (χ0) is 12.5. The van der Waals surface area contributed by atoms with Crippen LogP contribution in [0.4, 0.5) is 10.5 Å². The van der Waals surface area contributed by atoms with Gasteiger partial charge in [-0.15, -0.1) is 0 Å². The van der Waals surface area contributed by atoms with Crippen molar-refractivity contribution in [1.29, 1.82) is 0 Å². The maximum absolute atomic E-state index is 11.6. The zero-order valence-corrected chi connectivity index (χ0v) is 10.6. The number of carbonyl (C=O) groups excluding carboxylic acids is 1. The lowest BCUT2D eigenvalue weighted by Crippen LogP contribution is -2.27. The second-order valence-electron chi connectivity index (χ2n) is 5.53. The van der Waals surface area contributed by atoms with Gasteiger partial charge in [-0.1, -0.05) is 12.1 Å². The zero-order valence-electron chi connectivity index (χ0n) is 10.6. The summed E-state index contributed by atoms with van der Waals surface area (Å²) < 4.78 is 5.21. The van der Waals surface area contributed by atoms with E-state index in [1.54, 1.807) is 0 Å². The van der Waals surface area contributed by atoms with Crippen molar-refractivity contribution >= 4 is 11.8 Å². The van der Waals surface area contributed by atoms with Gasteiger partial charge in [0.2, 0.25) is 0 Å². The van der Waals surface area contributed by atoms with Crippen molar-refractivity contribution in [3.05, 3.63) is 29.8 Å². The molecule has 1 amide bonds. The number of amides is 1. The number of rotatable bonds is 2. The minimum atomic E-state index is -0.460. The van der Waals surface area contributed by atoms with Crippen LogP contribution in [0, 0.1) is 0 Å². The van der Waals surface area contributed by atoms with Crippen molar-refractivity contribution in [2.24, 2.45) is 0 Å². The van der Waals surface area contributed by atoms with E-state index in [2.05, 4.69) is 11.4 Å². The molecule has 1 aliphatic carbocycles. The third-order valence-electron chi connectivity index (χ3n) is 2.58. The van der Waals surface area contributed by atoms with E-state index >= 15 is 0 Å². The molecule has 1 aromatic carbocycles. The lowest BCUT2D eigenvalue weighted by molar-refractivity contribution is 0.0636. The third-order valence-corrected chi connectivity index (χ3v) is 2.58. The summed E-state index contributed by atoms with van der Waals surface area (Å²) in [6, 6.07) is 8.00. The van der Waals surface area contributed by atoms with E-state index in [4.69, 9.17) is 4.74 Å². The fourth-order valence-corrected chi connectivity index (χ4v) is 1.71. The highest BCUT2D eigenvalue weighted by molar-refractivity contribution is 5.85. The smallest absolute Gasteiger partial charge is 0.412 e. The summed E-state index contributed by atoms with van der Waals surface area (Å²) in [6.07, 6.45) is 2.12. The first-order valence-electron chi connectivity index (χ1n) is 6.04. The summed E-state index contributed by atoms with van der Waals surface area (Å²) in [4.78, 5) is 11.6. The largest absolute Gasteiger partial charge is 0.444 e. The molecule has 0 heterocycles. The standard InChI is InChI=1S/C14H19NO2/c1-14(2,3)17-13(16)15-12-6-4-5-11(9-12)10-7-8-10/h4-6,9-10H,7-8H2,1-3H3,(H,15,16). The Kier molecular flexibility index (Phi) is 3.09. The number of ether oxygens (including phenoxy) is 1. The Hall–Kier alpha value is -1.51. The fraction of sp³-hybridized carbons (Fsp3) is 0.500. The number of hydrogen-bond acceptors (Lipinski definition) is 2.